The molecule has 0 saturated carbocycles. The molecule has 2 aliphatic heterocycles. The Labute approximate surface area is 190 Å². The minimum absolute atomic E-state index is 0.0445. The van der Waals surface area contributed by atoms with Crippen LogP contribution in [0.1, 0.15) is 17.3 Å². The topological polar surface area (TPSA) is 140 Å². The normalized spacial score (nSPS) is 20.8. The van der Waals surface area contributed by atoms with Crippen LogP contribution in [0.5, 0.6) is 5.75 Å². The molecule has 12 heteroatoms. The summed E-state index contributed by atoms with van der Waals surface area (Å²) in [4.78, 5) is 25.2. The van der Waals surface area contributed by atoms with E-state index in [9.17, 15) is 23.3 Å². The summed E-state index contributed by atoms with van der Waals surface area (Å²) in [6.45, 7) is 4.81. The van der Waals surface area contributed by atoms with Crippen LogP contribution >= 0.6 is 0 Å². The van der Waals surface area contributed by atoms with E-state index in [1.807, 2.05) is 11.6 Å². The zero-order chi connectivity index (χ0) is 23.6. The maximum Gasteiger partial charge on any atom is 0.297 e. The van der Waals surface area contributed by atoms with Crippen molar-refractivity contribution in [2.24, 2.45) is 0 Å². The lowest BCUT2D eigenvalue weighted by molar-refractivity contribution is -0.384. The van der Waals surface area contributed by atoms with Gasteiger partial charge in [-0.2, -0.15) is 0 Å². The first kappa shape index (κ1) is 23.0. The molecule has 33 heavy (non-hydrogen) atoms. The van der Waals surface area contributed by atoms with E-state index >= 15 is 0 Å². The molecular weight excluding hydrogens is 452 g/mol. The fourth-order valence-electron chi connectivity index (χ4n) is 3.81. The maximum absolute atomic E-state index is 12.8. The van der Waals surface area contributed by atoms with Gasteiger partial charge in [-0.1, -0.05) is 18.2 Å². The predicted molar refractivity (Wildman–Crippen MR) is 119 cm³/mol. The lowest BCUT2D eigenvalue weighted by Crippen LogP contribution is -2.50. The number of hydrogen-bond donors (Lipinski definition) is 2. The number of carbonyl (C=O) groups is 1. The van der Waals surface area contributed by atoms with Crippen molar-refractivity contribution in [3.8, 4) is 5.75 Å². The minimum atomic E-state index is -4.37. The van der Waals surface area contributed by atoms with Gasteiger partial charge in [-0.3, -0.25) is 19.8 Å². The van der Waals surface area contributed by atoms with Gasteiger partial charge in [0, 0.05) is 36.8 Å². The molecule has 2 heterocycles. The van der Waals surface area contributed by atoms with E-state index in [4.69, 9.17) is 9.47 Å². The number of benzene rings is 2. The van der Waals surface area contributed by atoms with Crippen molar-refractivity contribution in [1.29, 1.82) is 0 Å². The number of ether oxygens (including phenoxy) is 2. The van der Waals surface area contributed by atoms with Crippen molar-refractivity contribution in [2.45, 2.75) is 23.9 Å². The predicted octanol–water partition coefficient (Wildman–Crippen LogP) is 1.61. The van der Waals surface area contributed by atoms with E-state index in [2.05, 4.69) is 10.2 Å². The lowest BCUT2D eigenvalue weighted by atomic mass is 10.1. The molecule has 2 aliphatic rings. The first-order valence-corrected chi connectivity index (χ1v) is 11.9. The van der Waals surface area contributed by atoms with Gasteiger partial charge >= 0.3 is 0 Å². The average Bonchev–Trinajstić information content (AvgIpc) is 2.80. The van der Waals surface area contributed by atoms with Gasteiger partial charge in [0.1, 0.15) is 6.61 Å². The number of amides is 1. The lowest BCUT2D eigenvalue weighted by Gasteiger charge is -2.37. The van der Waals surface area contributed by atoms with Crippen LogP contribution in [0.4, 0.5) is 11.4 Å². The molecule has 1 saturated heterocycles. The highest BCUT2D eigenvalue weighted by molar-refractivity contribution is 7.90. The van der Waals surface area contributed by atoms with Gasteiger partial charge in [-0.25, -0.2) is 13.1 Å². The van der Waals surface area contributed by atoms with Gasteiger partial charge in [0.25, 0.3) is 21.6 Å². The molecule has 2 aromatic rings. The Kier molecular flexibility index (Phi) is 6.49. The molecule has 0 aromatic heterocycles. The molecule has 2 aromatic carbocycles. The minimum Gasteiger partial charge on any atom is -0.489 e. The molecule has 1 fully saturated rings. The number of morpholine rings is 1. The van der Waals surface area contributed by atoms with Crippen molar-refractivity contribution in [3.63, 3.8) is 0 Å². The number of nitro groups is 1. The highest BCUT2D eigenvalue weighted by atomic mass is 32.2. The number of anilines is 1. The summed E-state index contributed by atoms with van der Waals surface area (Å²) in [7, 11) is -4.37. The number of nitrogens with one attached hydrogen (secondary N) is 2. The van der Waals surface area contributed by atoms with Crippen molar-refractivity contribution in [1.82, 2.24) is 9.62 Å². The first-order valence-electron chi connectivity index (χ1n) is 10.4. The monoisotopic (exact) mass is 476 g/mol. The molecule has 0 unspecified atom stereocenters. The summed E-state index contributed by atoms with van der Waals surface area (Å²) < 4.78 is 38.7. The number of rotatable bonds is 6. The number of fused-ring (bicyclic) bond motifs is 1. The highest BCUT2D eigenvalue weighted by Gasteiger charge is 2.33. The summed E-state index contributed by atoms with van der Waals surface area (Å²) in [5.74, 6) is -0.794. The molecule has 4 rings (SSSR count). The smallest absolute Gasteiger partial charge is 0.297 e. The average molecular weight is 477 g/mol. The van der Waals surface area contributed by atoms with Gasteiger partial charge in [0.2, 0.25) is 0 Å². The second-order valence-electron chi connectivity index (χ2n) is 7.94. The van der Waals surface area contributed by atoms with E-state index in [1.54, 1.807) is 18.2 Å². The fourth-order valence-corrected chi connectivity index (χ4v) is 4.82. The van der Waals surface area contributed by atoms with Crippen LogP contribution in [0.2, 0.25) is 0 Å². The van der Waals surface area contributed by atoms with Crippen molar-refractivity contribution >= 4 is 27.3 Å². The van der Waals surface area contributed by atoms with Gasteiger partial charge in [-0.15, -0.1) is 0 Å². The van der Waals surface area contributed by atoms with E-state index in [-0.39, 0.29) is 35.7 Å². The van der Waals surface area contributed by atoms with E-state index in [1.165, 1.54) is 18.2 Å². The summed E-state index contributed by atoms with van der Waals surface area (Å²) in [6, 6.07) is 9.90. The second kappa shape index (κ2) is 9.33. The Hall–Kier alpha value is -3.22. The van der Waals surface area contributed by atoms with Gasteiger partial charge in [-0.05, 0) is 19.1 Å². The van der Waals surface area contributed by atoms with Gasteiger partial charge in [0.15, 0.2) is 11.4 Å². The van der Waals surface area contributed by atoms with Crippen LogP contribution in [0.3, 0.4) is 0 Å². The number of nitrogens with zero attached hydrogens (tertiary/aromatic N) is 2. The second-order valence-corrected chi connectivity index (χ2v) is 9.63. The quantitative estimate of drug-likeness (QED) is 0.470. The number of nitro benzene ring substituents is 1. The standard InChI is InChI=1S/C21H24N4O7S/c1-14-12-31-8-7-24(14)11-16-13-32-19-10-17(9-18(25(27)28)20(19)22-16)33(29,30)23-21(26)15-5-3-2-4-6-15/h2-6,9-10,14,16,22H,7-8,11-13H2,1H3,(H,23,26)/t14-,16-/m1/s1. The molecular formula is C21H24N4O7S. The Morgan fingerprint density at radius 3 is 2.73 bits per heavy atom. The fraction of sp³-hybridized carbons (Fsp3) is 0.381. The summed E-state index contributed by atoms with van der Waals surface area (Å²) in [5, 5.41) is 14.9. The Morgan fingerprint density at radius 1 is 1.27 bits per heavy atom. The zero-order valence-corrected chi connectivity index (χ0v) is 18.7. The third kappa shape index (κ3) is 5.07. The van der Waals surface area contributed by atoms with Gasteiger partial charge < -0.3 is 14.8 Å². The molecule has 11 nitrogen and oxygen atoms in total. The SMILES string of the molecule is C[C@@H]1COCCN1C[C@@H]1COc2cc(S(=O)(=O)NC(=O)c3ccccc3)cc([N+](=O)[O-])c2N1. The van der Waals surface area contributed by atoms with Crippen LogP contribution in [-0.4, -0.2) is 69.1 Å². The van der Waals surface area contributed by atoms with Crippen LogP contribution in [0.15, 0.2) is 47.4 Å². The Bertz CT molecular complexity index is 1160. The molecule has 176 valence electrons. The molecule has 0 spiro atoms. The van der Waals surface area contributed by atoms with Crippen molar-refractivity contribution in [2.75, 3.05) is 38.2 Å². The third-order valence-electron chi connectivity index (χ3n) is 5.57. The molecule has 2 N–H and O–H groups in total. The Morgan fingerprint density at radius 2 is 2.03 bits per heavy atom. The highest BCUT2D eigenvalue weighted by Crippen LogP contribution is 2.40. The molecule has 0 radical (unpaired) electrons. The number of hydrogen-bond acceptors (Lipinski definition) is 9. The summed E-state index contributed by atoms with van der Waals surface area (Å²) in [6.07, 6.45) is 0. The van der Waals surface area contributed by atoms with Crippen molar-refractivity contribution in [3.05, 3.63) is 58.1 Å². The van der Waals surface area contributed by atoms with Crippen LogP contribution < -0.4 is 14.8 Å². The van der Waals surface area contributed by atoms with Crippen LogP contribution in [0, 0.1) is 10.1 Å². The van der Waals surface area contributed by atoms with E-state index in [0.29, 0.717) is 19.8 Å². The zero-order valence-electron chi connectivity index (χ0n) is 17.9. The number of sulfonamides is 1. The summed E-state index contributed by atoms with van der Waals surface area (Å²) >= 11 is 0. The number of carbonyl (C=O) groups excluding carboxylic acids is 1. The Balaban J connectivity index is 1.57. The molecule has 0 aliphatic carbocycles. The third-order valence-corrected chi connectivity index (χ3v) is 6.88. The maximum atomic E-state index is 12.8. The van der Waals surface area contributed by atoms with E-state index in [0.717, 1.165) is 12.6 Å². The molecule has 2 atom stereocenters. The first-order chi connectivity index (χ1) is 15.7. The van der Waals surface area contributed by atoms with Gasteiger partial charge in [0.05, 0.1) is 29.1 Å². The summed E-state index contributed by atoms with van der Waals surface area (Å²) in [5.41, 5.74) is -0.183. The molecule has 0 bridgehead atoms. The largest absolute Gasteiger partial charge is 0.489 e. The molecule has 1 amide bonds. The van der Waals surface area contributed by atoms with E-state index < -0.39 is 31.4 Å². The van der Waals surface area contributed by atoms with Crippen LogP contribution in [-0.2, 0) is 14.8 Å². The van der Waals surface area contributed by atoms with Crippen LogP contribution in [0.25, 0.3) is 0 Å². The van der Waals surface area contributed by atoms with Crippen molar-refractivity contribution < 1.29 is 27.6 Å².